The molecule has 4 rings (SSSR count). The highest BCUT2D eigenvalue weighted by atomic mass is 16.5. The molecule has 0 spiro atoms. The summed E-state index contributed by atoms with van der Waals surface area (Å²) in [5.41, 5.74) is 1.27. The predicted octanol–water partition coefficient (Wildman–Crippen LogP) is 1.92. The first-order chi connectivity index (χ1) is 15.0. The van der Waals surface area contributed by atoms with Crippen molar-refractivity contribution in [1.29, 1.82) is 0 Å². The lowest BCUT2D eigenvalue weighted by Crippen LogP contribution is -2.53. The van der Waals surface area contributed by atoms with Crippen molar-refractivity contribution in [3.8, 4) is 11.1 Å². The smallest absolute Gasteiger partial charge is 0.344 e. The van der Waals surface area contributed by atoms with Crippen LogP contribution in [0.3, 0.4) is 0 Å². The second-order valence-electron chi connectivity index (χ2n) is 7.18. The zero-order valence-electron chi connectivity index (χ0n) is 16.9. The molecule has 1 saturated heterocycles. The van der Waals surface area contributed by atoms with Gasteiger partial charge in [0.1, 0.15) is 18.7 Å². The van der Waals surface area contributed by atoms with Gasteiger partial charge in [-0.2, -0.15) is 0 Å². The third-order valence-corrected chi connectivity index (χ3v) is 5.22. The normalized spacial score (nSPS) is 14.0. The Morgan fingerprint density at radius 2 is 1.84 bits per heavy atom. The van der Waals surface area contributed by atoms with E-state index in [1.807, 2.05) is 12.1 Å². The Morgan fingerprint density at radius 1 is 1.03 bits per heavy atom. The highest BCUT2D eigenvalue weighted by molar-refractivity contribution is 5.98. The molecule has 158 valence electrons. The van der Waals surface area contributed by atoms with Gasteiger partial charge in [-0.05, 0) is 29.8 Å². The van der Waals surface area contributed by atoms with Crippen LogP contribution in [0.4, 0.5) is 0 Å². The molecule has 0 N–H and O–H groups in total. The number of nitrogens with zero attached hydrogens (tertiary/aromatic N) is 2. The van der Waals surface area contributed by atoms with Crippen LogP contribution in [0.15, 0.2) is 63.8 Å². The second-order valence-corrected chi connectivity index (χ2v) is 7.18. The molecule has 3 aromatic rings. The number of amides is 2. The minimum Gasteiger partial charge on any atom is -0.468 e. The molecule has 1 aliphatic rings. The maximum atomic E-state index is 13.0. The summed E-state index contributed by atoms with van der Waals surface area (Å²) in [5.74, 6) is -1.15. The van der Waals surface area contributed by atoms with Crippen molar-refractivity contribution in [3.63, 3.8) is 0 Å². The van der Waals surface area contributed by atoms with E-state index in [2.05, 4.69) is 4.74 Å². The number of esters is 1. The largest absolute Gasteiger partial charge is 0.468 e. The predicted molar refractivity (Wildman–Crippen MR) is 112 cm³/mol. The van der Waals surface area contributed by atoms with E-state index < -0.39 is 11.6 Å². The van der Waals surface area contributed by atoms with Crippen LogP contribution in [-0.4, -0.2) is 60.9 Å². The lowest BCUT2D eigenvalue weighted by atomic mass is 10.0. The van der Waals surface area contributed by atoms with Crippen LogP contribution in [0.5, 0.6) is 0 Å². The quantitative estimate of drug-likeness (QED) is 0.473. The summed E-state index contributed by atoms with van der Waals surface area (Å²) in [4.78, 5) is 52.0. The van der Waals surface area contributed by atoms with Crippen LogP contribution < -0.4 is 5.63 Å². The van der Waals surface area contributed by atoms with Crippen molar-refractivity contribution < 1.29 is 23.5 Å². The molecule has 0 saturated carbocycles. The number of hydrogen-bond donors (Lipinski definition) is 0. The summed E-state index contributed by atoms with van der Waals surface area (Å²) in [6, 6.07) is 15.6. The Morgan fingerprint density at radius 3 is 2.61 bits per heavy atom. The van der Waals surface area contributed by atoms with Crippen molar-refractivity contribution in [2.75, 3.05) is 33.3 Å². The van der Waals surface area contributed by atoms with E-state index in [1.165, 1.54) is 16.9 Å². The fourth-order valence-corrected chi connectivity index (χ4v) is 3.53. The van der Waals surface area contributed by atoms with Crippen LogP contribution in [0.25, 0.3) is 22.1 Å². The minimum absolute atomic E-state index is 0.127. The van der Waals surface area contributed by atoms with Crippen molar-refractivity contribution in [2.45, 2.75) is 0 Å². The standard InChI is InChI=1S/C23H20N2O6/c1-30-21(27)14-24-9-10-25(13-20(24)26)22(28)17-7-4-6-15(11-17)18-12-16-5-2-3-8-19(16)31-23(18)29/h2-8,11-12H,9-10,13-14H2,1H3. The zero-order chi connectivity index (χ0) is 22.0. The average Bonchev–Trinajstić information content (AvgIpc) is 2.79. The maximum Gasteiger partial charge on any atom is 0.344 e. The van der Waals surface area contributed by atoms with Gasteiger partial charge >= 0.3 is 11.6 Å². The molecule has 31 heavy (non-hydrogen) atoms. The number of rotatable bonds is 4. The van der Waals surface area contributed by atoms with Gasteiger partial charge in [0.25, 0.3) is 5.91 Å². The van der Waals surface area contributed by atoms with Gasteiger partial charge < -0.3 is 19.0 Å². The monoisotopic (exact) mass is 420 g/mol. The van der Waals surface area contributed by atoms with Crippen LogP contribution in [0, 0.1) is 0 Å². The molecule has 2 amide bonds. The first-order valence-electron chi connectivity index (χ1n) is 9.73. The number of hydrogen-bond acceptors (Lipinski definition) is 6. The zero-order valence-corrected chi connectivity index (χ0v) is 16.9. The van der Waals surface area contributed by atoms with E-state index in [1.54, 1.807) is 42.5 Å². The van der Waals surface area contributed by atoms with E-state index >= 15 is 0 Å². The molecular weight excluding hydrogens is 400 g/mol. The Hall–Kier alpha value is -3.94. The minimum atomic E-state index is -0.505. The number of methoxy groups -OCH3 is 1. The summed E-state index contributed by atoms with van der Waals surface area (Å²) >= 11 is 0. The van der Waals surface area contributed by atoms with Crippen LogP contribution in [0.1, 0.15) is 10.4 Å². The number of piperazine rings is 1. The van der Waals surface area contributed by atoms with E-state index in [0.29, 0.717) is 28.8 Å². The first kappa shape index (κ1) is 20.3. The third kappa shape index (κ3) is 4.18. The lowest BCUT2D eigenvalue weighted by molar-refractivity contribution is -0.148. The molecule has 0 radical (unpaired) electrons. The fourth-order valence-electron chi connectivity index (χ4n) is 3.53. The highest BCUT2D eigenvalue weighted by Gasteiger charge is 2.29. The summed E-state index contributed by atoms with van der Waals surface area (Å²) in [7, 11) is 1.26. The van der Waals surface area contributed by atoms with E-state index in [4.69, 9.17) is 4.42 Å². The topological polar surface area (TPSA) is 97.1 Å². The molecule has 1 aromatic heterocycles. The summed E-state index contributed by atoms with van der Waals surface area (Å²) in [6.07, 6.45) is 0. The van der Waals surface area contributed by atoms with Crippen molar-refractivity contribution in [1.82, 2.24) is 9.80 Å². The molecule has 0 bridgehead atoms. The Labute approximate surface area is 177 Å². The fraction of sp³-hybridized carbons (Fsp3) is 0.217. The van der Waals surface area contributed by atoms with Gasteiger partial charge in [0.2, 0.25) is 5.91 Å². The van der Waals surface area contributed by atoms with Gasteiger partial charge in [0, 0.05) is 24.0 Å². The number of para-hydroxylation sites is 1. The SMILES string of the molecule is COC(=O)CN1CCN(C(=O)c2cccc(-c3cc4ccccc4oc3=O)c2)CC1=O. The van der Waals surface area contributed by atoms with Gasteiger partial charge in [-0.25, -0.2) is 4.79 Å². The van der Waals surface area contributed by atoms with Crippen molar-refractivity contribution in [2.24, 2.45) is 0 Å². The molecule has 0 unspecified atom stereocenters. The Kier molecular flexibility index (Phi) is 5.53. The maximum absolute atomic E-state index is 13.0. The van der Waals surface area contributed by atoms with Gasteiger partial charge in [0.15, 0.2) is 0 Å². The molecule has 8 heteroatoms. The number of benzene rings is 2. The molecule has 0 atom stereocenters. The molecule has 1 fully saturated rings. The molecule has 0 aliphatic carbocycles. The highest BCUT2D eigenvalue weighted by Crippen LogP contribution is 2.22. The van der Waals surface area contributed by atoms with Gasteiger partial charge in [-0.3, -0.25) is 14.4 Å². The number of carbonyl (C=O) groups is 3. The summed E-state index contributed by atoms with van der Waals surface area (Å²) in [6.45, 7) is 0.278. The van der Waals surface area contributed by atoms with E-state index in [9.17, 15) is 19.2 Å². The first-order valence-corrected chi connectivity index (χ1v) is 9.73. The summed E-state index contributed by atoms with van der Waals surface area (Å²) in [5, 5.41) is 0.779. The van der Waals surface area contributed by atoms with Crippen LogP contribution in [-0.2, 0) is 14.3 Å². The van der Waals surface area contributed by atoms with Crippen LogP contribution in [0.2, 0.25) is 0 Å². The number of fused-ring (bicyclic) bond motifs is 1. The molecular formula is C23H20N2O6. The number of carbonyl (C=O) groups excluding carboxylic acids is 3. The van der Waals surface area contributed by atoms with Crippen molar-refractivity contribution in [3.05, 3.63) is 70.6 Å². The molecule has 2 aromatic carbocycles. The third-order valence-electron chi connectivity index (χ3n) is 5.22. The van der Waals surface area contributed by atoms with Gasteiger partial charge in [0.05, 0.1) is 12.7 Å². The summed E-state index contributed by atoms with van der Waals surface area (Å²) < 4.78 is 9.98. The van der Waals surface area contributed by atoms with E-state index in [0.717, 1.165) is 5.39 Å². The molecule has 1 aliphatic heterocycles. The number of ether oxygens (including phenoxy) is 1. The van der Waals surface area contributed by atoms with Gasteiger partial charge in [-0.1, -0.05) is 30.3 Å². The molecule has 2 heterocycles. The van der Waals surface area contributed by atoms with E-state index in [-0.39, 0.29) is 31.4 Å². The Balaban J connectivity index is 1.56. The second kappa shape index (κ2) is 8.43. The van der Waals surface area contributed by atoms with Crippen LogP contribution >= 0.6 is 0 Å². The van der Waals surface area contributed by atoms with Gasteiger partial charge in [-0.15, -0.1) is 0 Å². The van der Waals surface area contributed by atoms with Crippen molar-refractivity contribution >= 4 is 28.8 Å². The lowest BCUT2D eigenvalue weighted by Gasteiger charge is -2.33. The Bertz CT molecular complexity index is 1230. The average molecular weight is 420 g/mol. The molecule has 8 nitrogen and oxygen atoms in total.